The molecule has 30 heavy (non-hydrogen) atoms. The maximum atomic E-state index is 12.0. The Morgan fingerprint density at radius 3 is 2.60 bits per heavy atom. The molecule has 0 atom stereocenters. The van der Waals surface area contributed by atoms with Gasteiger partial charge in [-0.25, -0.2) is 0 Å². The summed E-state index contributed by atoms with van der Waals surface area (Å²) in [4.78, 5) is 20.1. The molecule has 2 aromatic rings. The lowest BCUT2D eigenvalue weighted by Gasteiger charge is -2.13. The predicted octanol–water partition coefficient (Wildman–Crippen LogP) is 2.02. The van der Waals surface area contributed by atoms with Crippen LogP contribution in [0.2, 0.25) is 0 Å². The first kappa shape index (κ1) is 23.0. The van der Waals surface area contributed by atoms with Crippen LogP contribution in [0.5, 0.6) is 11.5 Å². The first-order valence-corrected chi connectivity index (χ1v) is 10.1. The number of pyridine rings is 1. The van der Waals surface area contributed by atoms with E-state index in [0.717, 1.165) is 30.9 Å². The molecule has 1 aromatic carbocycles. The molecule has 0 saturated carbocycles. The van der Waals surface area contributed by atoms with Gasteiger partial charge in [-0.15, -0.1) is 0 Å². The number of aromatic nitrogens is 1. The molecule has 2 rings (SSSR count). The maximum absolute atomic E-state index is 12.0. The van der Waals surface area contributed by atoms with Gasteiger partial charge in [-0.2, -0.15) is 0 Å². The maximum Gasteiger partial charge on any atom is 0.252 e. The number of nitrogens with zero attached hydrogens (tertiary/aromatic N) is 2. The number of carbonyl (C=O) groups excluding carboxylic acids is 1. The van der Waals surface area contributed by atoms with E-state index in [4.69, 9.17) is 9.47 Å². The number of carbonyl (C=O) groups is 1. The van der Waals surface area contributed by atoms with Crippen molar-refractivity contribution in [3.8, 4) is 11.5 Å². The van der Waals surface area contributed by atoms with Crippen LogP contribution in [0.1, 0.15) is 29.3 Å². The Labute approximate surface area is 178 Å². The van der Waals surface area contributed by atoms with Crippen molar-refractivity contribution in [1.82, 2.24) is 20.9 Å². The lowest BCUT2D eigenvalue weighted by atomic mass is 10.1. The highest BCUT2D eigenvalue weighted by Crippen LogP contribution is 2.28. The number of aryl methyl sites for hydroxylation is 1. The highest BCUT2D eigenvalue weighted by Gasteiger charge is 2.06. The van der Waals surface area contributed by atoms with Gasteiger partial charge in [-0.05, 0) is 49.6 Å². The van der Waals surface area contributed by atoms with Crippen molar-refractivity contribution in [3.63, 3.8) is 0 Å². The number of ether oxygens (including phenoxy) is 2. The fourth-order valence-corrected chi connectivity index (χ4v) is 2.82. The highest BCUT2D eigenvalue weighted by molar-refractivity contribution is 5.93. The predicted molar refractivity (Wildman–Crippen MR) is 118 cm³/mol. The fraction of sp³-hybridized carbons (Fsp3) is 0.409. The second-order valence-electron chi connectivity index (χ2n) is 6.45. The smallest absolute Gasteiger partial charge is 0.252 e. The average molecular weight is 414 g/mol. The van der Waals surface area contributed by atoms with Crippen molar-refractivity contribution in [2.45, 2.75) is 19.8 Å². The van der Waals surface area contributed by atoms with Crippen LogP contribution in [0.3, 0.4) is 0 Å². The summed E-state index contributed by atoms with van der Waals surface area (Å²) in [5.41, 5.74) is 1.74. The standard InChI is InChI=1S/C22H31N5O3/c1-4-30-20-15-17(9-10-19(20)29-3)7-5-12-26-22(23-2)27-14-13-25-21(28)18-8-6-11-24-16-18/h6,8-11,15-16H,4-5,7,12-14H2,1-3H3,(H,25,28)(H2,23,26,27). The zero-order valence-electron chi connectivity index (χ0n) is 17.9. The van der Waals surface area contributed by atoms with E-state index in [1.807, 2.05) is 19.1 Å². The molecule has 0 aliphatic heterocycles. The Morgan fingerprint density at radius 2 is 1.90 bits per heavy atom. The molecule has 1 aromatic heterocycles. The van der Waals surface area contributed by atoms with Crippen LogP contribution < -0.4 is 25.4 Å². The third-order valence-electron chi connectivity index (χ3n) is 4.31. The zero-order chi connectivity index (χ0) is 21.6. The van der Waals surface area contributed by atoms with E-state index in [-0.39, 0.29) is 5.91 Å². The normalized spacial score (nSPS) is 11.0. The van der Waals surface area contributed by atoms with Gasteiger partial charge in [0.2, 0.25) is 0 Å². The van der Waals surface area contributed by atoms with E-state index in [9.17, 15) is 4.79 Å². The van der Waals surface area contributed by atoms with Gasteiger partial charge >= 0.3 is 0 Å². The minimum absolute atomic E-state index is 0.140. The Kier molecular flexibility index (Phi) is 9.99. The molecule has 0 unspecified atom stereocenters. The Morgan fingerprint density at radius 1 is 1.10 bits per heavy atom. The highest BCUT2D eigenvalue weighted by atomic mass is 16.5. The monoisotopic (exact) mass is 413 g/mol. The summed E-state index contributed by atoms with van der Waals surface area (Å²) in [6, 6.07) is 9.49. The van der Waals surface area contributed by atoms with Crippen molar-refractivity contribution in [1.29, 1.82) is 0 Å². The van der Waals surface area contributed by atoms with Crippen LogP contribution in [-0.4, -0.2) is 57.2 Å². The largest absolute Gasteiger partial charge is 0.493 e. The van der Waals surface area contributed by atoms with Crippen molar-refractivity contribution >= 4 is 11.9 Å². The Balaban J connectivity index is 1.66. The minimum Gasteiger partial charge on any atom is -0.493 e. The summed E-state index contributed by atoms with van der Waals surface area (Å²) in [5.74, 6) is 2.09. The third kappa shape index (κ3) is 7.62. The van der Waals surface area contributed by atoms with Crippen molar-refractivity contribution in [3.05, 3.63) is 53.9 Å². The van der Waals surface area contributed by atoms with Crippen LogP contribution in [0.25, 0.3) is 0 Å². The van der Waals surface area contributed by atoms with E-state index >= 15 is 0 Å². The lowest BCUT2D eigenvalue weighted by molar-refractivity contribution is 0.0954. The Bertz CT molecular complexity index is 812. The van der Waals surface area contributed by atoms with Gasteiger partial charge in [0.05, 0.1) is 19.3 Å². The van der Waals surface area contributed by atoms with Gasteiger partial charge < -0.3 is 25.4 Å². The van der Waals surface area contributed by atoms with Crippen LogP contribution in [0.4, 0.5) is 0 Å². The van der Waals surface area contributed by atoms with E-state index in [0.29, 0.717) is 31.2 Å². The first-order chi connectivity index (χ1) is 14.7. The molecule has 0 fully saturated rings. The molecule has 0 aliphatic rings. The summed E-state index contributed by atoms with van der Waals surface area (Å²) in [6.45, 7) is 4.39. The van der Waals surface area contributed by atoms with Crippen LogP contribution in [0.15, 0.2) is 47.7 Å². The molecule has 162 valence electrons. The van der Waals surface area contributed by atoms with Gasteiger partial charge in [0.1, 0.15) is 0 Å². The van der Waals surface area contributed by atoms with Crippen LogP contribution >= 0.6 is 0 Å². The number of amides is 1. The number of guanidine groups is 1. The van der Waals surface area contributed by atoms with Crippen LogP contribution in [-0.2, 0) is 6.42 Å². The number of nitrogens with one attached hydrogen (secondary N) is 3. The second kappa shape index (κ2) is 13.0. The molecule has 0 radical (unpaired) electrons. The Hall–Kier alpha value is -3.29. The molecule has 0 spiro atoms. The average Bonchev–Trinajstić information content (AvgIpc) is 2.78. The molecule has 8 nitrogen and oxygen atoms in total. The molecular weight excluding hydrogens is 382 g/mol. The molecule has 1 amide bonds. The fourth-order valence-electron chi connectivity index (χ4n) is 2.82. The summed E-state index contributed by atoms with van der Waals surface area (Å²) in [7, 11) is 3.37. The number of hydrogen-bond acceptors (Lipinski definition) is 5. The van der Waals surface area contributed by atoms with Crippen molar-refractivity contribution in [2.75, 3.05) is 40.4 Å². The number of hydrogen-bond donors (Lipinski definition) is 3. The minimum atomic E-state index is -0.140. The van der Waals surface area contributed by atoms with Crippen molar-refractivity contribution in [2.24, 2.45) is 4.99 Å². The number of methoxy groups -OCH3 is 1. The van der Waals surface area contributed by atoms with Crippen LogP contribution in [0, 0.1) is 0 Å². The van der Waals surface area contributed by atoms with Gasteiger partial charge in [0.15, 0.2) is 17.5 Å². The van der Waals surface area contributed by atoms with Gasteiger partial charge in [-0.1, -0.05) is 6.07 Å². The number of aliphatic imine (C=N–C) groups is 1. The van der Waals surface area contributed by atoms with E-state index < -0.39 is 0 Å². The summed E-state index contributed by atoms with van der Waals surface area (Å²) in [6.07, 6.45) is 5.04. The first-order valence-electron chi connectivity index (χ1n) is 10.1. The molecule has 0 bridgehead atoms. The molecule has 0 aliphatic carbocycles. The second-order valence-corrected chi connectivity index (χ2v) is 6.45. The molecule has 1 heterocycles. The molecule has 0 saturated heterocycles. The van der Waals surface area contributed by atoms with Crippen molar-refractivity contribution < 1.29 is 14.3 Å². The number of benzene rings is 1. The molecule has 8 heteroatoms. The van der Waals surface area contributed by atoms with Gasteiger partial charge in [0, 0.05) is 39.1 Å². The van der Waals surface area contributed by atoms with E-state index in [1.165, 1.54) is 5.56 Å². The topological polar surface area (TPSA) is 96.9 Å². The summed E-state index contributed by atoms with van der Waals surface area (Å²) < 4.78 is 10.9. The van der Waals surface area contributed by atoms with E-state index in [1.54, 1.807) is 38.7 Å². The lowest BCUT2D eigenvalue weighted by Crippen LogP contribution is -2.41. The third-order valence-corrected chi connectivity index (χ3v) is 4.31. The summed E-state index contributed by atoms with van der Waals surface area (Å²) in [5, 5.41) is 9.32. The molecular formula is C22H31N5O3. The summed E-state index contributed by atoms with van der Waals surface area (Å²) >= 11 is 0. The number of rotatable bonds is 11. The van der Waals surface area contributed by atoms with Gasteiger partial charge in [-0.3, -0.25) is 14.8 Å². The zero-order valence-corrected chi connectivity index (χ0v) is 17.9. The SMILES string of the molecule is CCOc1cc(CCCNC(=NC)NCCNC(=O)c2cccnc2)ccc1OC. The van der Waals surface area contributed by atoms with Gasteiger partial charge in [0.25, 0.3) is 5.91 Å². The molecule has 3 N–H and O–H groups in total. The quantitative estimate of drug-likeness (QED) is 0.296. The van der Waals surface area contributed by atoms with E-state index in [2.05, 4.69) is 32.0 Å².